The van der Waals surface area contributed by atoms with Crippen LogP contribution in [0.25, 0.3) is 0 Å². The van der Waals surface area contributed by atoms with Crippen LogP contribution in [-0.2, 0) is 9.59 Å². The van der Waals surface area contributed by atoms with Crippen molar-refractivity contribution in [3.63, 3.8) is 0 Å². The van der Waals surface area contributed by atoms with Crippen LogP contribution in [0.4, 0.5) is 0 Å². The normalized spacial score (nSPS) is 26.1. The highest BCUT2D eigenvalue weighted by Gasteiger charge is 2.31. The van der Waals surface area contributed by atoms with Crippen molar-refractivity contribution < 1.29 is 14.7 Å². The molecule has 0 bridgehead atoms. The average molecular weight is 283 g/mol. The second-order valence-corrected chi connectivity index (χ2v) is 6.57. The first-order chi connectivity index (χ1) is 9.36. The van der Waals surface area contributed by atoms with Crippen molar-refractivity contribution in [1.82, 2.24) is 5.32 Å². The molecule has 0 heterocycles. The molecule has 0 radical (unpaired) electrons. The first kappa shape index (κ1) is 17.0. The number of carbonyl (C=O) groups excluding carboxylic acids is 1. The molecule has 0 aromatic heterocycles. The molecule has 1 aliphatic carbocycles. The van der Waals surface area contributed by atoms with E-state index in [-0.39, 0.29) is 17.7 Å². The minimum atomic E-state index is -0.927. The summed E-state index contributed by atoms with van der Waals surface area (Å²) in [5, 5.41) is 12.0. The summed E-state index contributed by atoms with van der Waals surface area (Å²) in [6.07, 6.45) is 4.69. The lowest BCUT2D eigenvalue weighted by Crippen LogP contribution is -2.47. The zero-order valence-corrected chi connectivity index (χ0v) is 13.2. The molecule has 0 saturated heterocycles. The number of carboxylic acid groups (broad SMARTS) is 1. The number of hydrogen-bond acceptors (Lipinski definition) is 2. The smallest absolute Gasteiger partial charge is 0.326 e. The van der Waals surface area contributed by atoms with Gasteiger partial charge in [0.15, 0.2) is 0 Å². The minimum Gasteiger partial charge on any atom is -0.480 e. The molecule has 2 atom stereocenters. The number of carbonyl (C=O) groups is 2. The molecule has 2 N–H and O–H groups in total. The largest absolute Gasteiger partial charge is 0.480 e. The van der Waals surface area contributed by atoms with Crippen molar-refractivity contribution in [2.24, 2.45) is 23.7 Å². The highest BCUT2D eigenvalue weighted by molar-refractivity contribution is 5.85. The molecule has 4 nitrogen and oxygen atoms in total. The highest BCUT2D eigenvalue weighted by Crippen LogP contribution is 2.33. The van der Waals surface area contributed by atoms with Crippen LogP contribution in [-0.4, -0.2) is 23.0 Å². The fourth-order valence-corrected chi connectivity index (χ4v) is 3.00. The fraction of sp³-hybridized carbons (Fsp3) is 0.875. The van der Waals surface area contributed by atoms with Gasteiger partial charge in [-0.25, -0.2) is 4.79 Å². The quantitative estimate of drug-likeness (QED) is 0.787. The van der Waals surface area contributed by atoms with Crippen molar-refractivity contribution in [2.45, 2.75) is 65.8 Å². The Morgan fingerprint density at radius 1 is 1.15 bits per heavy atom. The molecule has 1 rings (SSSR count). The number of rotatable bonds is 6. The van der Waals surface area contributed by atoms with E-state index < -0.39 is 12.0 Å². The average Bonchev–Trinajstić information content (AvgIpc) is 2.43. The summed E-state index contributed by atoms with van der Waals surface area (Å²) in [5.74, 6) is 0.345. The molecular formula is C16H29NO3. The lowest BCUT2D eigenvalue weighted by atomic mass is 9.76. The van der Waals surface area contributed by atoms with Gasteiger partial charge in [-0.3, -0.25) is 4.79 Å². The lowest BCUT2D eigenvalue weighted by Gasteiger charge is -2.31. The molecule has 1 fully saturated rings. The van der Waals surface area contributed by atoms with E-state index in [4.69, 9.17) is 0 Å². The minimum absolute atomic E-state index is 0.00379. The summed E-state index contributed by atoms with van der Waals surface area (Å²) in [4.78, 5) is 23.5. The summed E-state index contributed by atoms with van der Waals surface area (Å²) >= 11 is 0. The third-order valence-corrected chi connectivity index (χ3v) is 4.86. The number of nitrogens with one attached hydrogen (secondary N) is 1. The first-order valence-electron chi connectivity index (χ1n) is 7.89. The van der Waals surface area contributed by atoms with Gasteiger partial charge in [-0.05, 0) is 43.4 Å². The van der Waals surface area contributed by atoms with Crippen molar-refractivity contribution in [3.8, 4) is 0 Å². The maximum atomic E-state index is 12.2. The van der Waals surface area contributed by atoms with E-state index >= 15 is 0 Å². The molecule has 1 aliphatic rings. The van der Waals surface area contributed by atoms with Crippen molar-refractivity contribution >= 4 is 11.9 Å². The van der Waals surface area contributed by atoms with Crippen LogP contribution in [0.3, 0.4) is 0 Å². The monoisotopic (exact) mass is 283 g/mol. The Morgan fingerprint density at radius 3 is 2.10 bits per heavy atom. The predicted octanol–water partition coefficient (Wildman–Crippen LogP) is 3.06. The third-order valence-electron chi connectivity index (χ3n) is 4.86. The van der Waals surface area contributed by atoms with Gasteiger partial charge < -0.3 is 10.4 Å². The molecule has 116 valence electrons. The molecule has 4 heteroatoms. The van der Waals surface area contributed by atoms with E-state index in [9.17, 15) is 14.7 Å². The van der Waals surface area contributed by atoms with Crippen LogP contribution in [0.5, 0.6) is 0 Å². The zero-order chi connectivity index (χ0) is 15.3. The standard InChI is InChI=1S/C16H29NO3/c1-5-11(4)14(16(19)20)17-15(18)13-8-6-12(7-9-13)10(2)3/h10-14H,5-9H2,1-4H3,(H,17,18)(H,19,20). The number of carboxylic acids is 1. The molecule has 0 aromatic rings. The summed E-state index contributed by atoms with van der Waals surface area (Å²) in [5.41, 5.74) is 0. The topological polar surface area (TPSA) is 66.4 Å². The number of hydrogen-bond donors (Lipinski definition) is 2. The Labute approximate surface area is 122 Å². The van der Waals surface area contributed by atoms with E-state index in [0.29, 0.717) is 11.8 Å². The summed E-state index contributed by atoms with van der Waals surface area (Å²) < 4.78 is 0. The maximum absolute atomic E-state index is 12.2. The van der Waals surface area contributed by atoms with E-state index in [1.165, 1.54) is 0 Å². The van der Waals surface area contributed by atoms with Gasteiger partial charge in [0.05, 0.1) is 0 Å². The number of amides is 1. The molecule has 0 aromatic carbocycles. The van der Waals surface area contributed by atoms with Crippen LogP contribution in [0.15, 0.2) is 0 Å². The van der Waals surface area contributed by atoms with Crippen LogP contribution in [0, 0.1) is 23.7 Å². The van der Waals surface area contributed by atoms with Gasteiger partial charge in [0, 0.05) is 5.92 Å². The highest BCUT2D eigenvalue weighted by atomic mass is 16.4. The molecule has 0 spiro atoms. The van der Waals surface area contributed by atoms with Crippen molar-refractivity contribution in [1.29, 1.82) is 0 Å². The molecule has 20 heavy (non-hydrogen) atoms. The maximum Gasteiger partial charge on any atom is 0.326 e. The van der Waals surface area contributed by atoms with Crippen LogP contribution < -0.4 is 5.32 Å². The SMILES string of the molecule is CCC(C)C(NC(=O)C1CCC(C(C)C)CC1)C(=O)O. The van der Waals surface area contributed by atoms with Gasteiger partial charge in [-0.2, -0.15) is 0 Å². The van der Waals surface area contributed by atoms with Gasteiger partial charge in [-0.1, -0.05) is 34.1 Å². The second kappa shape index (κ2) is 7.65. The van der Waals surface area contributed by atoms with E-state index in [1.807, 2.05) is 13.8 Å². The summed E-state index contributed by atoms with van der Waals surface area (Å²) in [6, 6.07) is -0.754. The second-order valence-electron chi connectivity index (χ2n) is 6.57. The van der Waals surface area contributed by atoms with E-state index in [2.05, 4.69) is 19.2 Å². The Kier molecular flexibility index (Phi) is 6.50. The van der Waals surface area contributed by atoms with Gasteiger partial charge >= 0.3 is 5.97 Å². The summed E-state index contributed by atoms with van der Waals surface area (Å²) in [7, 11) is 0. The van der Waals surface area contributed by atoms with E-state index in [0.717, 1.165) is 32.1 Å². The van der Waals surface area contributed by atoms with Crippen LogP contribution in [0.1, 0.15) is 59.8 Å². The molecule has 2 unspecified atom stereocenters. The first-order valence-corrected chi connectivity index (χ1v) is 7.89. The van der Waals surface area contributed by atoms with Gasteiger partial charge in [0.1, 0.15) is 6.04 Å². The molecular weight excluding hydrogens is 254 g/mol. The zero-order valence-electron chi connectivity index (χ0n) is 13.2. The molecule has 0 aliphatic heterocycles. The summed E-state index contributed by atoms with van der Waals surface area (Å²) in [6.45, 7) is 8.28. The fourth-order valence-electron chi connectivity index (χ4n) is 3.00. The third kappa shape index (κ3) is 4.50. The Morgan fingerprint density at radius 2 is 1.70 bits per heavy atom. The predicted molar refractivity (Wildman–Crippen MR) is 79.3 cm³/mol. The van der Waals surface area contributed by atoms with Crippen molar-refractivity contribution in [3.05, 3.63) is 0 Å². The molecule has 1 saturated carbocycles. The lowest BCUT2D eigenvalue weighted by molar-refractivity contribution is -0.144. The van der Waals surface area contributed by atoms with E-state index in [1.54, 1.807) is 0 Å². The Bertz CT molecular complexity index is 333. The van der Waals surface area contributed by atoms with Crippen LogP contribution >= 0.6 is 0 Å². The van der Waals surface area contributed by atoms with Gasteiger partial charge in [-0.15, -0.1) is 0 Å². The van der Waals surface area contributed by atoms with Crippen LogP contribution in [0.2, 0.25) is 0 Å². The number of aliphatic carboxylic acids is 1. The van der Waals surface area contributed by atoms with Gasteiger partial charge in [0.25, 0.3) is 0 Å². The Hall–Kier alpha value is -1.06. The van der Waals surface area contributed by atoms with Gasteiger partial charge in [0.2, 0.25) is 5.91 Å². The molecule has 1 amide bonds. The van der Waals surface area contributed by atoms with Crippen molar-refractivity contribution in [2.75, 3.05) is 0 Å². The Balaban J connectivity index is 2.52.